The van der Waals surface area contributed by atoms with Crippen LogP contribution in [-0.2, 0) is 0 Å². The molecule has 1 rings (SSSR count). The highest BCUT2D eigenvalue weighted by atomic mass is 19.1. The number of hydrogen-bond acceptors (Lipinski definition) is 2. The standard InChI is InChI=1S/C14H23FN2/c1-4-5-8-17(3)14(10-16)12-6-7-13(15)11(2)9-12/h6-7,9,14H,4-5,8,10,16H2,1-3H3. The van der Waals surface area contributed by atoms with Crippen LogP contribution in [0.4, 0.5) is 4.39 Å². The highest BCUT2D eigenvalue weighted by Crippen LogP contribution is 2.21. The van der Waals surface area contributed by atoms with E-state index in [1.54, 1.807) is 6.92 Å². The zero-order chi connectivity index (χ0) is 12.8. The molecular weight excluding hydrogens is 215 g/mol. The fourth-order valence-electron chi connectivity index (χ4n) is 2.01. The number of unbranched alkanes of at least 4 members (excludes halogenated alkanes) is 1. The molecule has 2 nitrogen and oxygen atoms in total. The fourth-order valence-corrected chi connectivity index (χ4v) is 2.01. The van der Waals surface area contributed by atoms with E-state index >= 15 is 0 Å². The quantitative estimate of drug-likeness (QED) is 0.825. The van der Waals surface area contributed by atoms with Crippen molar-refractivity contribution in [2.24, 2.45) is 5.73 Å². The second kappa shape index (κ2) is 6.72. The van der Waals surface area contributed by atoms with Gasteiger partial charge in [0.2, 0.25) is 0 Å². The van der Waals surface area contributed by atoms with Crippen LogP contribution in [0.25, 0.3) is 0 Å². The fraction of sp³-hybridized carbons (Fsp3) is 0.571. The average molecular weight is 238 g/mol. The Bertz CT molecular complexity index is 352. The summed E-state index contributed by atoms with van der Waals surface area (Å²) in [5.41, 5.74) is 7.62. The summed E-state index contributed by atoms with van der Waals surface area (Å²) < 4.78 is 13.2. The van der Waals surface area contributed by atoms with Gasteiger partial charge in [0.1, 0.15) is 5.82 Å². The van der Waals surface area contributed by atoms with Gasteiger partial charge in [-0.1, -0.05) is 25.5 Å². The molecule has 17 heavy (non-hydrogen) atoms. The molecule has 0 aliphatic carbocycles. The van der Waals surface area contributed by atoms with Crippen LogP contribution in [0.1, 0.15) is 36.9 Å². The van der Waals surface area contributed by atoms with E-state index in [-0.39, 0.29) is 11.9 Å². The van der Waals surface area contributed by atoms with E-state index in [2.05, 4.69) is 18.9 Å². The first-order valence-electron chi connectivity index (χ1n) is 6.26. The molecule has 0 fully saturated rings. The van der Waals surface area contributed by atoms with Gasteiger partial charge >= 0.3 is 0 Å². The lowest BCUT2D eigenvalue weighted by atomic mass is 10.0. The van der Waals surface area contributed by atoms with Gasteiger partial charge in [0.05, 0.1) is 0 Å². The van der Waals surface area contributed by atoms with Crippen LogP contribution in [0.3, 0.4) is 0 Å². The van der Waals surface area contributed by atoms with Crippen molar-refractivity contribution < 1.29 is 4.39 Å². The molecule has 0 radical (unpaired) electrons. The average Bonchev–Trinajstić information content (AvgIpc) is 2.32. The van der Waals surface area contributed by atoms with E-state index in [0.717, 1.165) is 18.5 Å². The largest absolute Gasteiger partial charge is 0.329 e. The van der Waals surface area contributed by atoms with Crippen LogP contribution in [0.5, 0.6) is 0 Å². The lowest BCUT2D eigenvalue weighted by molar-refractivity contribution is 0.246. The Labute approximate surface area is 104 Å². The van der Waals surface area contributed by atoms with Crippen LogP contribution >= 0.6 is 0 Å². The van der Waals surface area contributed by atoms with Crippen molar-refractivity contribution in [3.8, 4) is 0 Å². The highest BCUT2D eigenvalue weighted by Gasteiger charge is 2.15. The first-order chi connectivity index (χ1) is 8.10. The summed E-state index contributed by atoms with van der Waals surface area (Å²) in [7, 11) is 2.08. The molecule has 0 aromatic heterocycles. The van der Waals surface area contributed by atoms with Crippen molar-refractivity contribution in [1.29, 1.82) is 0 Å². The summed E-state index contributed by atoms with van der Waals surface area (Å²) in [5.74, 6) is -0.152. The van der Waals surface area contributed by atoms with E-state index in [0.29, 0.717) is 12.1 Å². The summed E-state index contributed by atoms with van der Waals surface area (Å²) in [5, 5.41) is 0. The lowest BCUT2D eigenvalue weighted by Crippen LogP contribution is -2.31. The van der Waals surface area contributed by atoms with E-state index in [4.69, 9.17) is 5.73 Å². The molecule has 0 amide bonds. The maximum atomic E-state index is 13.2. The molecule has 0 saturated carbocycles. The van der Waals surface area contributed by atoms with Gasteiger partial charge in [0, 0.05) is 12.6 Å². The van der Waals surface area contributed by atoms with E-state index in [1.165, 1.54) is 12.5 Å². The Morgan fingerprint density at radius 1 is 1.41 bits per heavy atom. The number of likely N-dealkylation sites (N-methyl/N-ethyl adjacent to an activating group) is 1. The van der Waals surface area contributed by atoms with Crippen LogP contribution < -0.4 is 5.73 Å². The second-order valence-electron chi connectivity index (χ2n) is 4.59. The number of nitrogens with two attached hydrogens (primary N) is 1. The van der Waals surface area contributed by atoms with Crippen molar-refractivity contribution in [2.45, 2.75) is 32.7 Å². The molecule has 0 bridgehead atoms. The van der Waals surface area contributed by atoms with Gasteiger partial charge in [-0.3, -0.25) is 4.90 Å². The van der Waals surface area contributed by atoms with Crippen molar-refractivity contribution >= 4 is 0 Å². The molecule has 1 aromatic rings. The molecular formula is C14H23FN2. The molecule has 0 saturated heterocycles. The topological polar surface area (TPSA) is 29.3 Å². The minimum atomic E-state index is -0.152. The number of nitrogens with zero attached hydrogens (tertiary/aromatic N) is 1. The number of hydrogen-bond donors (Lipinski definition) is 1. The van der Waals surface area contributed by atoms with Gasteiger partial charge in [0.15, 0.2) is 0 Å². The zero-order valence-electron chi connectivity index (χ0n) is 11.0. The predicted molar refractivity (Wildman–Crippen MR) is 70.5 cm³/mol. The predicted octanol–water partition coefficient (Wildman–Crippen LogP) is 2.87. The Kier molecular flexibility index (Phi) is 5.59. The number of halogens is 1. The van der Waals surface area contributed by atoms with Crippen molar-refractivity contribution in [3.05, 3.63) is 35.1 Å². The molecule has 1 aromatic carbocycles. The zero-order valence-corrected chi connectivity index (χ0v) is 11.0. The minimum Gasteiger partial charge on any atom is -0.329 e. The number of benzene rings is 1. The van der Waals surface area contributed by atoms with Gasteiger partial charge in [-0.15, -0.1) is 0 Å². The second-order valence-corrected chi connectivity index (χ2v) is 4.59. The summed E-state index contributed by atoms with van der Waals surface area (Å²) in [4.78, 5) is 2.25. The monoisotopic (exact) mass is 238 g/mol. The van der Waals surface area contributed by atoms with Crippen LogP contribution in [-0.4, -0.2) is 25.0 Å². The SMILES string of the molecule is CCCCN(C)C(CN)c1ccc(F)c(C)c1. The number of aryl methyl sites for hydroxylation is 1. The van der Waals surface area contributed by atoms with E-state index in [9.17, 15) is 4.39 Å². The molecule has 0 aliphatic heterocycles. The normalized spacial score (nSPS) is 13.1. The minimum absolute atomic E-state index is 0.152. The summed E-state index contributed by atoms with van der Waals surface area (Å²) in [6.07, 6.45) is 2.33. The molecule has 3 heteroatoms. The van der Waals surface area contributed by atoms with E-state index < -0.39 is 0 Å². The van der Waals surface area contributed by atoms with Crippen LogP contribution in [0.15, 0.2) is 18.2 Å². The molecule has 96 valence electrons. The Balaban J connectivity index is 2.81. The first-order valence-corrected chi connectivity index (χ1v) is 6.26. The van der Waals surface area contributed by atoms with Gasteiger partial charge in [-0.2, -0.15) is 0 Å². The molecule has 1 unspecified atom stereocenters. The maximum absolute atomic E-state index is 13.2. The number of rotatable bonds is 6. The van der Waals surface area contributed by atoms with Crippen LogP contribution in [0.2, 0.25) is 0 Å². The van der Waals surface area contributed by atoms with Crippen molar-refractivity contribution in [3.63, 3.8) is 0 Å². The summed E-state index contributed by atoms with van der Waals surface area (Å²) >= 11 is 0. The molecule has 1 atom stereocenters. The van der Waals surface area contributed by atoms with Crippen molar-refractivity contribution in [1.82, 2.24) is 4.90 Å². The van der Waals surface area contributed by atoms with Crippen molar-refractivity contribution in [2.75, 3.05) is 20.1 Å². The van der Waals surface area contributed by atoms with Gasteiger partial charge in [-0.05, 0) is 44.1 Å². The summed E-state index contributed by atoms with van der Waals surface area (Å²) in [6, 6.07) is 5.44. The first kappa shape index (κ1) is 14.1. The Hall–Kier alpha value is -0.930. The molecule has 0 spiro atoms. The maximum Gasteiger partial charge on any atom is 0.126 e. The third kappa shape index (κ3) is 3.79. The Morgan fingerprint density at radius 3 is 2.65 bits per heavy atom. The smallest absolute Gasteiger partial charge is 0.126 e. The van der Waals surface area contributed by atoms with Crippen LogP contribution in [0, 0.1) is 12.7 Å². The molecule has 0 heterocycles. The van der Waals surface area contributed by atoms with Gasteiger partial charge < -0.3 is 5.73 Å². The lowest BCUT2D eigenvalue weighted by Gasteiger charge is -2.27. The third-order valence-electron chi connectivity index (χ3n) is 3.19. The third-order valence-corrected chi connectivity index (χ3v) is 3.19. The van der Waals surface area contributed by atoms with Gasteiger partial charge in [-0.25, -0.2) is 4.39 Å². The van der Waals surface area contributed by atoms with Gasteiger partial charge in [0.25, 0.3) is 0 Å². The summed E-state index contributed by atoms with van der Waals surface area (Å²) in [6.45, 7) is 5.55. The molecule has 2 N–H and O–H groups in total. The Morgan fingerprint density at radius 2 is 2.12 bits per heavy atom. The highest BCUT2D eigenvalue weighted by molar-refractivity contribution is 5.26. The molecule has 0 aliphatic rings. The van der Waals surface area contributed by atoms with E-state index in [1.807, 2.05) is 12.1 Å².